The fourth-order valence-corrected chi connectivity index (χ4v) is 4.95. The van der Waals surface area contributed by atoms with Crippen LogP contribution in [0.3, 0.4) is 0 Å². The van der Waals surface area contributed by atoms with Crippen LogP contribution >= 0.6 is 0 Å². The minimum Gasteiger partial charge on any atom is -0.312 e. The molecule has 0 spiro atoms. The maximum absolute atomic E-state index is 13.3. The smallest absolute Gasteiger partial charge is 0.312 e. The molecule has 1 aliphatic rings. The SMILES string of the molecule is CC.Cn1c(=O)c2c(nc(S(=O)(=O)Cc3cccc(C4(C(F)(F)F)NN4)c3)n2C)n(C)c1=O. The molecule has 4 rings (SSSR count). The molecule has 3 aromatic rings. The average molecular weight is 488 g/mol. The molecule has 2 aromatic heterocycles. The molecule has 0 radical (unpaired) electrons. The first-order chi connectivity index (χ1) is 15.3. The minimum atomic E-state index is -4.63. The predicted molar refractivity (Wildman–Crippen MR) is 114 cm³/mol. The second-order valence-electron chi connectivity index (χ2n) is 7.29. The number of hydrogen-bond acceptors (Lipinski definition) is 7. The van der Waals surface area contributed by atoms with Crippen LogP contribution in [0.4, 0.5) is 13.2 Å². The summed E-state index contributed by atoms with van der Waals surface area (Å²) in [5.74, 6) is -0.653. The van der Waals surface area contributed by atoms with E-state index in [2.05, 4.69) is 15.8 Å². The highest BCUT2D eigenvalue weighted by molar-refractivity contribution is 7.90. The lowest BCUT2D eigenvalue weighted by atomic mass is 10.0. The normalized spacial score (nSPS) is 15.3. The molecule has 0 aliphatic carbocycles. The lowest BCUT2D eigenvalue weighted by Crippen LogP contribution is -2.37. The predicted octanol–water partition coefficient (Wildman–Crippen LogP) is 0.794. The zero-order valence-electron chi connectivity index (χ0n) is 18.5. The van der Waals surface area contributed by atoms with Gasteiger partial charge in [-0.1, -0.05) is 38.1 Å². The van der Waals surface area contributed by atoms with Crippen molar-refractivity contribution in [2.45, 2.75) is 36.6 Å². The molecule has 0 unspecified atom stereocenters. The van der Waals surface area contributed by atoms with Crippen LogP contribution < -0.4 is 22.1 Å². The molecule has 3 heterocycles. The van der Waals surface area contributed by atoms with Crippen molar-refractivity contribution in [3.05, 3.63) is 56.2 Å². The summed E-state index contributed by atoms with van der Waals surface area (Å²) in [7, 11) is -0.248. The van der Waals surface area contributed by atoms with E-state index in [1.54, 1.807) is 0 Å². The monoisotopic (exact) mass is 488 g/mol. The molecule has 0 amide bonds. The molecule has 1 aliphatic heterocycles. The number of nitrogens with zero attached hydrogens (tertiary/aromatic N) is 4. The van der Waals surface area contributed by atoms with Crippen molar-refractivity contribution in [3.8, 4) is 0 Å². The van der Waals surface area contributed by atoms with E-state index in [1.807, 2.05) is 13.8 Å². The van der Waals surface area contributed by atoms with Crippen molar-refractivity contribution in [1.82, 2.24) is 29.5 Å². The second kappa shape index (κ2) is 8.11. The Bertz CT molecular complexity index is 1450. The summed E-state index contributed by atoms with van der Waals surface area (Å²) in [5.41, 5.74) is 0.0500. The lowest BCUT2D eigenvalue weighted by Gasteiger charge is -2.17. The fourth-order valence-electron chi connectivity index (χ4n) is 3.47. The van der Waals surface area contributed by atoms with Gasteiger partial charge in [0.2, 0.25) is 20.7 Å². The third-order valence-corrected chi connectivity index (χ3v) is 6.86. The van der Waals surface area contributed by atoms with Gasteiger partial charge in [-0.15, -0.1) is 0 Å². The first-order valence-electron chi connectivity index (χ1n) is 9.86. The number of fused-ring (bicyclic) bond motifs is 1. The van der Waals surface area contributed by atoms with Gasteiger partial charge in [0.05, 0.1) is 5.75 Å². The summed E-state index contributed by atoms with van der Waals surface area (Å²) in [4.78, 5) is 28.5. The van der Waals surface area contributed by atoms with Gasteiger partial charge in [-0.05, 0) is 11.1 Å². The van der Waals surface area contributed by atoms with Gasteiger partial charge in [-0.2, -0.15) is 18.2 Å². The number of halogens is 3. The molecule has 1 aromatic carbocycles. The number of benzene rings is 1. The standard InChI is InChI=1S/C17H17F3N6O4S.C2H6/c1-24-11-12(25(2)15(28)26(3)13(11)27)21-14(24)31(29,30)8-9-5-4-6-10(7-9)16(22-23-16)17(18,19)20;1-2/h4-7,22-23H,8H2,1-3H3;1-2H3. The van der Waals surface area contributed by atoms with Crippen molar-refractivity contribution >= 4 is 21.0 Å². The van der Waals surface area contributed by atoms with E-state index in [9.17, 15) is 31.2 Å². The summed E-state index contributed by atoms with van der Waals surface area (Å²) >= 11 is 0. The average Bonchev–Trinajstić information content (AvgIpc) is 3.50. The Hall–Kier alpha value is -2.97. The fraction of sp³-hybridized carbons (Fsp3) is 0.421. The van der Waals surface area contributed by atoms with Crippen LogP contribution in [0.1, 0.15) is 25.0 Å². The Kier molecular flexibility index (Phi) is 6.06. The molecule has 10 nitrogen and oxygen atoms in total. The Labute approximate surface area is 186 Å². The van der Waals surface area contributed by atoms with Crippen molar-refractivity contribution in [2.24, 2.45) is 21.1 Å². The Morgan fingerprint density at radius 1 is 1.03 bits per heavy atom. The molecule has 33 heavy (non-hydrogen) atoms. The van der Waals surface area contributed by atoms with Gasteiger partial charge < -0.3 is 4.57 Å². The van der Waals surface area contributed by atoms with Crippen LogP contribution in [0.2, 0.25) is 0 Å². The van der Waals surface area contributed by atoms with E-state index in [0.29, 0.717) is 0 Å². The molecule has 0 saturated carbocycles. The second-order valence-corrected chi connectivity index (χ2v) is 9.17. The maximum atomic E-state index is 13.3. The molecule has 0 bridgehead atoms. The first-order valence-corrected chi connectivity index (χ1v) is 11.5. The van der Waals surface area contributed by atoms with E-state index < -0.39 is 43.8 Å². The molecule has 1 fully saturated rings. The van der Waals surface area contributed by atoms with Crippen LogP contribution in [0.15, 0.2) is 39.0 Å². The van der Waals surface area contributed by atoms with Gasteiger partial charge in [0, 0.05) is 21.1 Å². The van der Waals surface area contributed by atoms with Crippen molar-refractivity contribution in [2.75, 3.05) is 0 Å². The van der Waals surface area contributed by atoms with Gasteiger partial charge in [-0.25, -0.2) is 24.1 Å². The quantitative estimate of drug-likeness (QED) is 0.518. The number of nitrogens with one attached hydrogen (secondary N) is 2. The zero-order valence-corrected chi connectivity index (χ0v) is 19.3. The summed E-state index contributed by atoms with van der Waals surface area (Å²) < 4.78 is 68.9. The van der Waals surface area contributed by atoms with E-state index in [0.717, 1.165) is 19.8 Å². The van der Waals surface area contributed by atoms with E-state index in [4.69, 9.17) is 0 Å². The number of imidazole rings is 1. The first kappa shape index (κ1) is 24.7. The maximum Gasteiger partial charge on any atom is 0.426 e. The highest BCUT2D eigenvalue weighted by atomic mass is 32.2. The number of hydrazine groups is 1. The van der Waals surface area contributed by atoms with Crippen LogP contribution in [-0.4, -0.2) is 33.3 Å². The molecule has 14 heteroatoms. The molecule has 2 N–H and O–H groups in total. The van der Waals surface area contributed by atoms with Crippen molar-refractivity contribution in [3.63, 3.8) is 0 Å². The molecule has 180 valence electrons. The van der Waals surface area contributed by atoms with Gasteiger partial charge in [-0.3, -0.25) is 13.9 Å². The number of aromatic nitrogens is 4. The summed E-state index contributed by atoms with van der Waals surface area (Å²) in [6.45, 7) is 4.00. The minimum absolute atomic E-state index is 0.0840. The Balaban J connectivity index is 0.00000149. The third kappa shape index (κ3) is 3.87. The Morgan fingerprint density at radius 3 is 2.18 bits per heavy atom. The molecular weight excluding hydrogens is 465 g/mol. The van der Waals surface area contributed by atoms with E-state index in [1.165, 1.54) is 39.3 Å². The number of rotatable bonds is 4. The van der Waals surface area contributed by atoms with Crippen LogP contribution in [0, 0.1) is 0 Å². The third-order valence-electron chi connectivity index (χ3n) is 5.23. The number of sulfone groups is 1. The van der Waals surface area contributed by atoms with Gasteiger partial charge in [0.25, 0.3) is 5.56 Å². The topological polar surface area (TPSA) is 140 Å². The Morgan fingerprint density at radius 2 is 1.64 bits per heavy atom. The highest BCUT2D eigenvalue weighted by Crippen LogP contribution is 2.42. The van der Waals surface area contributed by atoms with Crippen LogP contribution in [-0.2, 0) is 42.4 Å². The summed E-state index contributed by atoms with van der Waals surface area (Å²) in [5, 5.41) is -0.473. The molecule has 0 atom stereocenters. The van der Waals surface area contributed by atoms with Crippen molar-refractivity contribution in [1.29, 1.82) is 0 Å². The van der Waals surface area contributed by atoms with Crippen LogP contribution in [0.25, 0.3) is 11.2 Å². The van der Waals surface area contributed by atoms with Gasteiger partial charge in [0.1, 0.15) is 0 Å². The number of aryl methyl sites for hydroxylation is 2. The highest BCUT2D eigenvalue weighted by Gasteiger charge is 2.65. The number of hydrogen-bond donors (Lipinski definition) is 2. The summed E-state index contributed by atoms with van der Waals surface area (Å²) in [6.07, 6.45) is -4.63. The van der Waals surface area contributed by atoms with Gasteiger partial charge >= 0.3 is 11.9 Å². The lowest BCUT2D eigenvalue weighted by molar-refractivity contribution is -0.165. The van der Waals surface area contributed by atoms with Crippen molar-refractivity contribution < 1.29 is 21.6 Å². The molecular formula is C19H23F3N6O4S. The van der Waals surface area contributed by atoms with E-state index >= 15 is 0 Å². The van der Waals surface area contributed by atoms with Gasteiger partial charge in [0.15, 0.2) is 11.2 Å². The zero-order chi connectivity index (χ0) is 24.9. The summed E-state index contributed by atoms with van der Waals surface area (Å²) in [6, 6.07) is 5.06. The largest absolute Gasteiger partial charge is 0.426 e. The van der Waals surface area contributed by atoms with Crippen LogP contribution in [0.5, 0.6) is 0 Å². The number of alkyl halides is 3. The van der Waals surface area contributed by atoms with E-state index in [-0.39, 0.29) is 22.3 Å². The molecule has 1 saturated heterocycles.